The maximum Gasteiger partial charge on any atom is 0.224 e. The lowest BCUT2D eigenvalue weighted by Crippen LogP contribution is -2.15. The topological polar surface area (TPSA) is 66.9 Å². The molecule has 18 heavy (non-hydrogen) atoms. The summed E-state index contributed by atoms with van der Waals surface area (Å²) in [4.78, 5) is 8.64. The van der Waals surface area contributed by atoms with E-state index in [9.17, 15) is 4.21 Å². The van der Waals surface area contributed by atoms with E-state index in [1.165, 1.54) is 0 Å². The molecule has 1 heterocycles. The molecule has 0 radical (unpaired) electrons. The molecule has 1 aromatic rings. The minimum atomic E-state index is -0.765. The second-order valence-corrected chi connectivity index (χ2v) is 6.08. The molecule has 0 fully saturated rings. The van der Waals surface area contributed by atoms with Crippen LogP contribution in [0.5, 0.6) is 0 Å². The molecule has 2 unspecified atom stereocenters. The van der Waals surface area contributed by atoms with Crippen LogP contribution in [0.2, 0.25) is 0 Å². The number of nitrogens with one attached hydrogen (secondary N) is 2. The Hall–Kier alpha value is -1.17. The summed E-state index contributed by atoms with van der Waals surface area (Å²) in [5.41, 5.74) is 0.926. The van der Waals surface area contributed by atoms with Crippen LogP contribution in [0.1, 0.15) is 26.0 Å². The van der Waals surface area contributed by atoms with E-state index in [0.29, 0.717) is 5.95 Å². The maximum atomic E-state index is 11.2. The van der Waals surface area contributed by atoms with E-state index in [1.807, 2.05) is 26.8 Å². The van der Waals surface area contributed by atoms with Gasteiger partial charge in [-0.2, -0.15) is 4.98 Å². The van der Waals surface area contributed by atoms with Crippen molar-refractivity contribution in [2.75, 3.05) is 30.0 Å². The summed E-state index contributed by atoms with van der Waals surface area (Å²) < 4.78 is 11.2. The molecule has 0 aliphatic rings. The van der Waals surface area contributed by atoms with Gasteiger partial charge in [0.1, 0.15) is 5.82 Å². The van der Waals surface area contributed by atoms with Crippen LogP contribution < -0.4 is 10.6 Å². The first-order valence-electron chi connectivity index (χ1n) is 6.18. The van der Waals surface area contributed by atoms with Gasteiger partial charge in [-0.05, 0) is 20.3 Å². The van der Waals surface area contributed by atoms with Gasteiger partial charge in [0.05, 0.1) is 0 Å². The molecule has 102 valence electrons. The Morgan fingerprint density at radius 3 is 2.72 bits per heavy atom. The summed E-state index contributed by atoms with van der Waals surface area (Å²) in [7, 11) is -0.765. The first-order chi connectivity index (χ1) is 8.52. The van der Waals surface area contributed by atoms with Crippen LogP contribution in [-0.2, 0) is 10.8 Å². The Morgan fingerprint density at radius 2 is 2.11 bits per heavy atom. The van der Waals surface area contributed by atoms with Gasteiger partial charge < -0.3 is 10.6 Å². The van der Waals surface area contributed by atoms with Crippen LogP contribution in [0.4, 0.5) is 11.8 Å². The lowest BCUT2D eigenvalue weighted by Gasteiger charge is -2.11. The molecule has 0 aliphatic heterocycles. The van der Waals surface area contributed by atoms with Crippen LogP contribution in [0.3, 0.4) is 0 Å². The van der Waals surface area contributed by atoms with Crippen molar-refractivity contribution in [3.8, 4) is 0 Å². The van der Waals surface area contributed by atoms with Gasteiger partial charge in [0.2, 0.25) is 5.95 Å². The molecular formula is C12H22N4OS. The third-order valence-corrected chi connectivity index (χ3v) is 3.98. The summed E-state index contributed by atoms with van der Waals surface area (Å²) in [6, 6.07) is 1.91. The molecule has 0 spiro atoms. The second-order valence-electron chi connectivity index (χ2n) is 4.27. The summed E-state index contributed by atoms with van der Waals surface area (Å²) in [5, 5.41) is 6.54. The molecular weight excluding hydrogens is 248 g/mol. The van der Waals surface area contributed by atoms with E-state index in [2.05, 4.69) is 20.6 Å². The summed E-state index contributed by atoms with van der Waals surface area (Å²) in [6.07, 6.45) is 2.60. The van der Waals surface area contributed by atoms with Crippen LogP contribution >= 0.6 is 0 Å². The van der Waals surface area contributed by atoms with E-state index < -0.39 is 10.8 Å². The SMILES string of the molecule is CCNc1nc(C)cc(NCCC(C)S(C)=O)n1. The van der Waals surface area contributed by atoms with Crippen molar-refractivity contribution in [3.63, 3.8) is 0 Å². The Bertz CT molecular complexity index is 411. The highest BCUT2D eigenvalue weighted by Gasteiger charge is 2.06. The lowest BCUT2D eigenvalue weighted by molar-refractivity contribution is 0.672. The molecule has 0 aromatic carbocycles. The van der Waals surface area contributed by atoms with Crippen LogP contribution in [-0.4, -0.2) is 38.8 Å². The van der Waals surface area contributed by atoms with E-state index in [0.717, 1.165) is 31.0 Å². The highest BCUT2D eigenvalue weighted by atomic mass is 32.2. The molecule has 0 saturated heterocycles. The van der Waals surface area contributed by atoms with Crippen molar-refractivity contribution >= 4 is 22.6 Å². The van der Waals surface area contributed by atoms with Crippen LogP contribution in [0.25, 0.3) is 0 Å². The lowest BCUT2D eigenvalue weighted by atomic mass is 10.3. The Balaban J connectivity index is 2.53. The average Bonchev–Trinajstić information content (AvgIpc) is 2.28. The van der Waals surface area contributed by atoms with Gasteiger partial charge in [0.25, 0.3) is 0 Å². The average molecular weight is 270 g/mol. The fourth-order valence-corrected chi connectivity index (χ4v) is 1.92. The number of hydrogen-bond donors (Lipinski definition) is 2. The molecule has 0 bridgehead atoms. The molecule has 2 atom stereocenters. The number of aromatic nitrogens is 2. The highest BCUT2D eigenvalue weighted by Crippen LogP contribution is 2.10. The standard InChI is InChI=1S/C12H22N4OS/c1-5-13-12-15-9(2)8-11(16-12)14-7-6-10(3)18(4)17/h8,10H,5-7H2,1-4H3,(H2,13,14,15,16). The Kier molecular flexibility index (Phi) is 6.04. The monoisotopic (exact) mass is 270 g/mol. The zero-order valence-corrected chi connectivity index (χ0v) is 12.3. The molecule has 0 saturated carbocycles. The summed E-state index contributed by atoms with van der Waals surface area (Å²) in [5.74, 6) is 1.46. The van der Waals surface area contributed by atoms with Crippen molar-refractivity contribution in [2.24, 2.45) is 0 Å². The van der Waals surface area contributed by atoms with Crippen molar-refractivity contribution < 1.29 is 4.21 Å². The largest absolute Gasteiger partial charge is 0.370 e. The van der Waals surface area contributed by atoms with Gasteiger partial charge in [-0.15, -0.1) is 0 Å². The zero-order valence-electron chi connectivity index (χ0n) is 11.5. The van der Waals surface area contributed by atoms with Gasteiger partial charge in [0.15, 0.2) is 0 Å². The first kappa shape index (κ1) is 14.9. The van der Waals surface area contributed by atoms with Crippen LogP contribution in [0, 0.1) is 6.92 Å². The van der Waals surface area contributed by atoms with Gasteiger partial charge in [-0.25, -0.2) is 4.98 Å². The maximum absolute atomic E-state index is 11.2. The smallest absolute Gasteiger partial charge is 0.224 e. The van der Waals surface area contributed by atoms with Gasteiger partial charge >= 0.3 is 0 Å². The summed E-state index contributed by atoms with van der Waals surface area (Å²) >= 11 is 0. The number of anilines is 2. The number of nitrogens with zero attached hydrogens (tertiary/aromatic N) is 2. The van der Waals surface area contributed by atoms with Crippen molar-refractivity contribution in [1.29, 1.82) is 0 Å². The van der Waals surface area contributed by atoms with E-state index in [-0.39, 0.29) is 5.25 Å². The Morgan fingerprint density at radius 1 is 1.39 bits per heavy atom. The van der Waals surface area contributed by atoms with Crippen molar-refractivity contribution in [3.05, 3.63) is 11.8 Å². The molecule has 0 amide bonds. The van der Waals surface area contributed by atoms with Crippen molar-refractivity contribution in [2.45, 2.75) is 32.4 Å². The summed E-state index contributed by atoms with van der Waals surface area (Å²) in [6.45, 7) is 7.51. The fourth-order valence-electron chi connectivity index (χ4n) is 1.47. The zero-order chi connectivity index (χ0) is 13.5. The van der Waals surface area contributed by atoms with Crippen LogP contribution in [0.15, 0.2) is 6.07 Å². The minimum Gasteiger partial charge on any atom is -0.370 e. The normalized spacial score (nSPS) is 14.0. The predicted octanol–water partition coefficient (Wildman–Crippen LogP) is 1.79. The van der Waals surface area contributed by atoms with Gasteiger partial charge in [0, 0.05) is 47.2 Å². The predicted molar refractivity (Wildman–Crippen MR) is 77.6 cm³/mol. The van der Waals surface area contributed by atoms with E-state index in [1.54, 1.807) is 6.26 Å². The van der Waals surface area contributed by atoms with Crippen molar-refractivity contribution in [1.82, 2.24) is 9.97 Å². The highest BCUT2D eigenvalue weighted by molar-refractivity contribution is 7.84. The van der Waals surface area contributed by atoms with Gasteiger partial charge in [-0.1, -0.05) is 6.92 Å². The number of hydrogen-bond acceptors (Lipinski definition) is 5. The molecule has 6 heteroatoms. The fraction of sp³-hybridized carbons (Fsp3) is 0.667. The molecule has 1 rings (SSSR count). The van der Waals surface area contributed by atoms with E-state index in [4.69, 9.17) is 0 Å². The quantitative estimate of drug-likeness (QED) is 0.790. The number of rotatable bonds is 7. The molecule has 0 aliphatic carbocycles. The molecule has 1 aromatic heterocycles. The number of aryl methyl sites for hydroxylation is 1. The first-order valence-corrected chi connectivity index (χ1v) is 7.80. The third kappa shape index (κ3) is 5.00. The minimum absolute atomic E-state index is 0.202. The Labute approximate surface area is 111 Å². The second kappa shape index (κ2) is 7.31. The van der Waals surface area contributed by atoms with Gasteiger partial charge in [-0.3, -0.25) is 4.21 Å². The van der Waals surface area contributed by atoms with E-state index >= 15 is 0 Å². The third-order valence-electron chi connectivity index (χ3n) is 2.61. The molecule has 2 N–H and O–H groups in total. The molecule has 5 nitrogen and oxygen atoms in total.